The number of rotatable bonds is 4. The Labute approximate surface area is 95.9 Å². The van der Waals surface area contributed by atoms with E-state index in [9.17, 15) is 5.11 Å². The normalized spacial score (nSPS) is 13.2. The maximum atomic E-state index is 9.44. The summed E-state index contributed by atoms with van der Waals surface area (Å²) in [4.78, 5) is 0. The summed E-state index contributed by atoms with van der Waals surface area (Å²) in [5.41, 5.74) is 2.20. The van der Waals surface area contributed by atoms with Gasteiger partial charge in [-0.3, -0.25) is 0 Å². The number of aliphatic hydroxyl groups is 1. The number of benzene rings is 1. The first-order chi connectivity index (χ1) is 7.70. The fourth-order valence-corrected chi connectivity index (χ4v) is 1.86. The Balaban J connectivity index is 2.30. The average molecular weight is 218 g/mol. The fraction of sp³-hybridized carbons (Fsp3) is 0.429. The van der Waals surface area contributed by atoms with E-state index in [4.69, 9.17) is 4.42 Å². The molecule has 2 rings (SSSR count). The van der Waals surface area contributed by atoms with Gasteiger partial charge in [-0.25, -0.2) is 0 Å². The first-order valence-electron chi connectivity index (χ1n) is 5.91. The molecular formula is C14H18O2. The number of fused-ring (bicyclic) bond motifs is 1. The van der Waals surface area contributed by atoms with Crippen molar-refractivity contribution in [3.05, 3.63) is 35.6 Å². The zero-order valence-electron chi connectivity index (χ0n) is 9.86. The van der Waals surface area contributed by atoms with Crippen molar-refractivity contribution in [2.45, 2.75) is 39.2 Å². The van der Waals surface area contributed by atoms with E-state index in [1.165, 1.54) is 18.4 Å². The number of hydrogen-bond donors (Lipinski definition) is 1. The second kappa shape index (κ2) is 4.71. The van der Waals surface area contributed by atoms with E-state index in [2.05, 4.69) is 19.1 Å². The van der Waals surface area contributed by atoms with Crippen LogP contribution in [0.5, 0.6) is 0 Å². The highest BCUT2D eigenvalue weighted by molar-refractivity contribution is 5.78. The lowest BCUT2D eigenvalue weighted by molar-refractivity contribution is 0.172. The Bertz CT molecular complexity index is 469. The molecule has 0 saturated carbocycles. The van der Waals surface area contributed by atoms with Crippen LogP contribution in [0.2, 0.25) is 0 Å². The predicted octanol–water partition coefficient (Wildman–Crippen LogP) is 3.83. The largest absolute Gasteiger partial charge is 0.458 e. The van der Waals surface area contributed by atoms with Crippen molar-refractivity contribution in [1.82, 2.24) is 0 Å². The van der Waals surface area contributed by atoms with Gasteiger partial charge in [-0.2, -0.15) is 0 Å². The van der Waals surface area contributed by atoms with Crippen LogP contribution in [0.3, 0.4) is 0 Å². The third-order valence-electron chi connectivity index (χ3n) is 2.83. The van der Waals surface area contributed by atoms with Crippen LogP contribution in [0.4, 0.5) is 0 Å². The lowest BCUT2D eigenvalue weighted by Gasteiger charge is -1.98. The monoisotopic (exact) mass is 218 g/mol. The van der Waals surface area contributed by atoms with E-state index in [0.717, 1.165) is 17.4 Å². The Morgan fingerprint density at radius 2 is 2.12 bits per heavy atom. The molecule has 1 unspecified atom stereocenters. The molecule has 0 aliphatic carbocycles. The van der Waals surface area contributed by atoms with Crippen LogP contribution in [0.25, 0.3) is 11.0 Å². The molecule has 0 spiro atoms. The fourth-order valence-electron chi connectivity index (χ4n) is 1.86. The minimum absolute atomic E-state index is 0.536. The average Bonchev–Trinajstić information content (AvgIpc) is 2.69. The zero-order chi connectivity index (χ0) is 11.5. The van der Waals surface area contributed by atoms with Crippen LogP contribution in [0.15, 0.2) is 28.7 Å². The van der Waals surface area contributed by atoms with E-state index < -0.39 is 6.10 Å². The molecule has 0 radical (unpaired) electrons. The van der Waals surface area contributed by atoms with Gasteiger partial charge >= 0.3 is 0 Å². The van der Waals surface area contributed by atoms with Gasteiger partial charge in [-0.15, -0.1) is 0 Å². The molecule has 0 saturated heterocycles. The smallest absolute Gasteiger partial charge is 0.134 e. The summed E-state index contributed by atoms with van der Waals surface area (Å²) in [5, 5.41) is 10.5. The molecule has 1 atom stereocenters. The van der Waals surface area contributed by atoms with Crippen molar-refractivity contribution in [3.63, 3.8) is 0 Å². The van der Waals surface area contributed by atoms with Gasteiger partial charge in [0.15, 0.2) is 0 Å². The van der Waals surface area contributed by atoms with Crippen molar-refractivity contribution >= 4 is 11.0 Å². The Kier molecular flexibility index (Phi) is 3.30. The van der Waals surface area contributed by atoms with Crippen molar-refractivity contribution in [2.75, 3.05) is 0 Å². The van der Waals surface area contributed by atoms with Crippen LogP contribution in [-0.4, -0.2) is 5.11 Å². The number of aliphatic hydroxyl groups excluding tert-OH is 1. The zero-order valence-corrected chi connectivity index (χ0v) is 9.86. The molecule has 0 fully saturated rings. The van der Waals surface area contributed by atoms with Gasteiger partial charge in [-0.05, 0) is 43.5 Å². The highest BCUT2D eigenvalue weighted by Gasteiger charge is 2.08. The highest BCUT2D eigenvalue weighted by atomic mass is 16.4. The van der Waals surface area contributed by atoms with Gasteiger partial charge < -0.3 is 9.52 Å². The van der Waals surface area contributed by atoms with E-state index in [0.29, 0.717) is 5.76 Å². The van der Waals surface area contributed by atoms with Gasteiger partial charge in [0.2, 0.25) is 0 Å². The summed E-state index contributed by atoms with van der Waals surface area (Å²) in [5.74, 6) is 0.641. The van der Waals surface area contributed by atoms with Gasteiger partial charge in [0.05, 0.1) is 0 Å². The maximum Gasteiger partial charge on any atom is 0.134 e. The van der Waals surface area contributed by atoms with Crippen molar-refractivity contribution in [3.8, 4) is 0 Å². The highest BCUT2D eigenvalue weighted by Crippen LogP contribution is 2.25. The molecule has 0 amide bonds. The topological polar surface area (TPSA) is 33.4 Å². The molecule has 2 nitrogen and oxygen atoms in total. The minimum Gasteiger partial charge on any atom is -0.458 e. The Morgan fingerprint density at radius 1 is 1.31 bits per heavy atom. The third kappa shape index (κ3) is 2.27. The molecule has 1 aromatic carbocycles. The van der Waals surface area contributed by atoms with E-state index >= 15 is 0 Å². The van der Waals surface area contributed by atoms with E-state index in [1.54, 1.807) is 6.92 Å². The van der Waals surface area contributed by atoms with Gasteiger partial charge in [0.1, 0.15) is 17.4 Å². The molecule has 86 valence electrons. The summed E-state index contributed by atoms with van der Waals surface area (Å²) in [6.45, 7) is 3.91. The van der Waals surface area contributed by atoms with Crippen molar-refractivity contribution < 1.29 is 9.52 Å². The third-order valence-corrected chi connectivity index (χ3v) is 2.83. The summed E-state index contributed by atoms with van der Waals surface area (Å²) >= 11 is 0. The summed E-state index contributed by atoms with van der Waals surface area (Å²) in [7, 11) is 0. The van der Waals surface area contributed by atoms with Crippen LogP contribution < -0.4 is 0 Å². The van der Waals surface area contributed by atoms with Crippen LogP contribution in [-0.2, 0) is 6.42 Å². The predicted molar refractivity (Wildman–Crippen MR) is 65.5 cm³/mol. The number of furan rings is 1. The number of unbranched alkanes of at least 4 members (excludes halogenated alkanes) is 1. The molecule has 2 heteroatoms. The second-order valence-corrected chi connectivity index (χ2v) is 4.30. The first-order valence-corrected chi connectivity index (χ1v) is 5.91. The molecule has 0 aliphatic heterocycles. The van der Waals surface area contributed by atoms with Gasteiger partial charge in [-0.1, -0.05) is 19.4 Å². The summed E-state index contributed by atoms with van der Waals surface area (Å²) < 4.78 is 5.54. The lowest BCUT2D eigenvalue weighted by atomic mass is 10.1. The molecule has 0 bridgehead atoms. The van der Waals surface area contributed by atoms with Crippen LogP contribution >= 0.6 is 0 Å². The van der Waals surface area contributed by atoms with Crippen LogP contribution in [0, 0.1) is 0 Å². The summed E-state index contributed by atoms with van der Waals surface area (Å²) in [6.07, 6.45) is 3.00. The van der Waals surface area contributed by atoms with E-state index in [1.807, 2.05) is 12.1 Å². The van der Waals surface area contributed by atoms with Crippen molar-refractivity contribution in [2.24, 2.45) is 0 Å². The quantitative estimate of drug-likeness (QED) is 0.846. The molecule has 0 aliphatic rings. The molecule has 1 N–H and O–H groups in total. The standard InChI is InChI=1S/C14H18O2/c1-3-4-5-11-6-7-13-12(8-11)9-14(16-13)10(2)15/h6-10,15H,3-5H2,1-2H3. The lowest BCUT2D eigenvalue weighted by Crippen LogP contribution is -1.85. The molecule has 1 aromatic heterocycles. The second-order valence-electron chi connectivity index (χ2n) is 4.30. The molecule has 2 aromatic rings. The van der Waals surface area contributed by atoms with Crippen LogP contribution in [0.1, 0.15) is 44.1 Å². The SMILES string of the molecule is CCCCc1ccc2oc(C(C)O)cc2c1. The van der Waals surface area contributed by atoms with Gasteiger partial charge in [0.25, 0.3) is 0 Å². The molecular weight excluding hydrogens is 200 g/mol. The maximum absolute atomic E-state index is 9.44. The molecule has 1 heterocycles. The summed E-state index contributed by atoms with van der Waals surface area (Å²) in [6, 6.07) is 8.18. The Hall–Kier alpha value is -1.28. The van der Waals surface area contributed by atoms with E-state index in [-0.39, 0.29) is 0 Å². The van der Waals surface area contributed by atoms with Gasteiger partial charge in [0, 0.05) is 5.39 Å². The van der Waals surface area contributed by atoms with Crippen molar-refractivity contribution in [1.29, 1.82) is 0 Å². The Morgan fingerprint density at radius 3 is 2.81 bits per heavy atom. The minimum atomic E-state index is -0.536. The molecule has 16 heavy (non-hydrogen) atoms. The first kappa shape index (κ1) is 11.2. The number of aryl methyl sites for hydroxylation is 1. The number of hydrogen-bond acceptors (Lipinski definition) is 2.